The maximum Gasteiger partial charge on any atom is 0.248 e. The van der Waals surface area contributed by atoms with E-state index in [0.717, 1.165) is 19.4 Å². The third kappa shape index (κ3) is 2.78. The summed E-state index contributed by atoms with van der Waals surface area (Å²) in [6.45, 7) is 1.22. The van der Waals surface area contributed by atoms with E-state index in [1.54, 1.807) is 0 Å². The third-order valence-corrected chi connectivity index (χ3v) is 3.68. The van der Waals surface area contributed by atoms with Crippen molar-refractivity contribution in [3.63, 3.8) is 0 Å². The van der Waals surface area contributed by atoms with E-state index in [9.17, 15) is 13.6 Å². The molecule has 1 saturated heterocycles. The van der Waals surface area contributed by atoms with Gasteiger partial charge in [-0.15, -0.1) is 0 Å². The van der Waals surface area contributed by atoms with Crippen molar-refractivity contribution in [2.24, 2.45) is 11.8 Å². The van der Waals surface area contributed by atoms with Crippen LogP contribution >= 0.6 is 0 Å². The van der Waals surface area contributed by atoms with Gasteiger partial charge >= 0.3 is 0 Å². The molecule has 0 aromatic rings. The Balaban J connectivity index is 1.86. The maximum absolute atomic E-state index is 12.9. The van der Waals surface area contributed by atoms with Gasteiger partial charge in [0.15, 0.2) is 0 Å². The zero-order valence-corrected chi connectivity index (χ0v) is 9.38. The molecule has 2 fully saturated rings. The number of carbonyl (C=O) groups is 1. The number of ketones is 1. The summed E-state index contributed by atoms with van der Waals surface area (Å²) in [5, 5.41) is 0. The number of hydrogen-bond donors (Lipinski definition) is 0. The van der Waals surface area contributed by atoms with E-state index in [0.29, 0.717) is 19.4 Å². The molecule has 0 N–H and O–H groups in total. The molecule has 0 radical (unpaired) electrons. The van der Waals surface area contributed by atoms with Crippen LogP contribution < -0.4 is 0 Å². The lowest BCUT2D eigenvalue weighted by Gasteiger charge is -2.30. The molecule has 0 aromatic carbocycles. The second-order valence-corrected chi connectivity index (χ2v) is 4.95. The normalized spacial score (nSPS) is 31.2. The molecular weight excluding hydrogens is 214 g/mol. The van der Waals surface area contributed by atoms with E-state index < -0.39 is 5.92 Å². The maximum atomic E-state index is 12.9. The molecule has 0 amide bonds. The highest BCUT2D eigenvalue weighted by atomic mass is 19.3. The molecular formula is C12H18F2O2. The van der Waals surface area contributed by atoms with Crippen molar-refractivity contribution in [2.75, 3.05) is 13.2 Å². The highest BCUT2D eigenvalue weighted by molar-refractivity contribution is 5.83. The average Bonchev–Trinajstić information content (AvgIpc) is 2.29. The first-order valence-corrected chi connectivity index (χ1v) is 6.08. The van der Waals surface area contributed by atoms with Crippen LogP contribution in [0.4, 0.5) is 8.78 Å². The summed E-state index contributed by atoms with van der Waals surface area (Å²) in [5.41, 5.74) is 0. The van der Waals surface area contributed by atoms with Crippen LogP contribution in [0.15, 0.2) is 0 Å². The number of halogens is 2. The Morgan fingerprint density at radius 1 is 1.12 bits per heavy atom. The van der Waals surface area contributed by atoms with Gasteiger partial charge in [-0.25, -0.2) is 8.78 Å². The van der Waals surface area contributed by atoms with E-state index in [4.69, 9.17) is 4.74 Å². The van der Waals surface area contributed by atoms with Crippen LogP contribution in [0.2, 0.25) is 0 Å². The van der Waals surface area contributed by atoms with Crippen molar-refractivity contribution >= 4 is 5.78 Å². The van der Waals surface area contributed by atoms with Crippen LogP contribution in [-0.2, 0) is 9.53 Å². The topological polar surface area (TPSA) is 26.3 Å². The fourth-order valence-corrected chi connectivity index (χ4v) is 2.62. The number of hydrogen-bond acceptors (Lipinski definition) is 2. The van der Waals surface area contributed by atoms with E-state index in [1.165, 1.54) is 0 Å². The Bertz CT molecular complexity index is 250. The molecule has 2 aliphatic rings. The van der Waals surface area contributed by atoms with Gasteiger partial charge in [0, 0.05) is 31.3 Å². The van der Waals surface area contributed by atoms with E-state index in [1.807, 2.05) is 0 Å². The van der Waals surface area contributed by atoms with Gasteiger partial charge < -0.3 is 4.74 Å². The van der Waals surface area contributed by atoms with Crippen LogP contribution in [0, 0.1) is 11.8 Å². The first-order chi connectivity index (χ1) is 7.58. The Kier molecular flexibility index (Phi) is 3.57. The molecule has 16 heavy (non-hydrogen) atoms. The smallest absolute Gasteiger partial charge is 0.248 e. The zero-order chi connectivity index (χ0) is 11.6. The number of rotatable bonds is 2. The summed E-state index contributed by atoms with van der Waals surface area (Å²) < 4.78 is 31.2. The van der Waals surface area contributed by atoms with Crippen molar-refractivity contribution in [1.82, 2.24) is 0 Å². The fourth-order valence-electron chi connectivity index (χ4n) is 2.62. The molecule has 0 spiro atoms. The molecule has 1 atom stereocenters. The van der Waals surface area contributed by atoms with Crippen LogP contribution in [0.3, 0.4) is 0 Å². The highest BCUT2D eigenvalue weighted by Gasteiger charge is 2.39. The average molecular weight is 232 g/mol. The van der Waals surface area contributed by atoms with Gasteiger partial charge in [0.05, 0.1) is 6.61 Å². The molecule has 4 heteroatoms. The number of ether oxygens (including phenoxy) is 1. The number of alkyl halides is 2. The van der Waals surface area contributed by atoms with Crippen LogP contribution in [0.5, 0.6) is 0 Å². The standard InChI is InChI=1S/C12H18F2O2/c13-12(14)5-3-9(4-6-12)11(15)10-2-1-7-16-8-10/h9-10H,1-8H2. The van der Waals surface area contributed by atoms with Gasteiger partial charge in [0.25, 0.3) is 0 Å². The summed E-state index contributed by atoms with van der Waals surface area (Å²) in [5.74, 6) is -2.56. The molecule has 2 nitrogen and oxygen atoms in total. The van der Waals surface area contributed by atoms with E-state index in [-0.39, 0.29) is 30.5 Å². The third-order valence-electron chi connectivity index (χ3n) is 3.68. The molecule has 1 saturated carbocycles. The first-order valence-electron chi connectivity index (χ1n) is 6.08. The van der Waals surface area contributed by atoms with Crippen LogP contribution in [-0.4, -0.2) is 24.9 Å². The zero-order valence-electron chi connectivity index (χ0n) is 9.38. The molecule has 2 rings (SSSR count). The Morgan fingerprint density at radius 3 is 2.38 bits per heavy atom. The predicted molar refractivity (Wildman–Crippen MR) is 55.5 cm³/mol. The van der Waals surface area contributed by atoms with Gasteiger partial charge in [-0.05, 0) is 25.7 Å². The summed E-state index contributed by atoms with van der Waals surface area (Å²) >= 11 is 0. The number of Topliss-reactive ketones (excluding diaryl/α,β-unsaturated/α-hetero) is 1. The predicted octanol–water partition coefficient (Wildman–Crippen LogP) is 2.81. The summed E-state index contributed by atoms with van der Waals surface area (Å²) in [6, 6.07) is 0. The van der Waals surface area contributed by atoms with Gasteiger partial charge in [-0.2, -0.15) is 0 Å². The monoisotopic (exact) mass is 232 g/mol. The van der Waals surface area contributed by atoms with Gasteiger partial charge in [-0.3, -0.25) is 4.79 Å². The van der Waals surface area contributed by atoms with Crippen molar-refractivity contribution in [3.8, 4) is 0 Å². The Labute approximate surface area is 94.3 Å². The first kappa shape index (κ1) is 12.0. The van der Waals surface area contributed by atoms with E-state index in [2.05, 4.69) is 0 Å². The lowest BCUT2D eigenvalue weighted by atomic mass is 9.79. The minimum atomic E-state index is -2.54. The lowest BCUT2D eigenvalue weighted by Crippen LogP contribution is -2.35. The van der Waals surface area contributed by atoms with Crippen molar-refractivity contribution < 1.29 is 18.3 Å². The summed E-state index contributed by atoms with van der Waals surface area (Å²) in [7, 11) is 0. The molecule has 92 valence electrons. The summed E-state index contributed by atoms with van der Waals surface area (Å²) in [4.78, 5) is 12.0. The quantitative estimate of drug-likeness (QED) is 0.731. The molecule has 1 heterocycles. The van der Waals surface area contributed by atoms with Gasteiger partial charge in [0.2, 0.25) is 5.92 Å². The van der Waals surface area contributed by atoms with Crippen molar-refractivity contribution in [3.05, 3.63) is 0 Å². The molecule has 1 unspecified atom stereocenters. The van der Waals surface area contributed by atoms with Crippen molar-refractivity contribution in [1.29, 1.82) is 0 Å². The highest BCUT2D eigenvalue weighted by Crippen LogP contribution is 2.38. The number of carbonyl (C=O) groups excluding carboxylic acids is 1. The Morgan fingerprint density at radius 2 is 1.81 bits per heavy atom. The minimum absolute atomic E-state index is 0.0366. The second-order valence-electron chi connectivity index (χ2n) is 4.95. The molecule has 1 aliphatic carbocycles. The summed E-state index contributed by atoms with van der Waals surface area (Å²) in [6.07, 6.45) is 2.23. The molecule has 0 aromatic heterocycles. The lowest BCUT2D eigenvalue weighted by molar-refractivity contribution is -0.134. The van der Waals surface area contributed by atoms with E-state index >= 15 is 0 Å². The second kappa shape index (κ2) is 4.78. The fraction of sp³-hybridized carbons (Fsp3) is 0.917. The van der Waals surface area contributed by atoms with Crippen LogP contribution in [0.25, 0.3) is 0 Å². The molecule has 0 bridgehead atoms. The molecule has 1 aliphatic heterocycles. The van der Waals surface area contributed by atoms with Gasteiger partial charge in [-0.1, -0.05) is 0 Å². The Hall–Kier alpha value is -0.510. The minimum Gasteiger partial charge on any atom is -0.381 e. The SMILES string of the molecule is O=C(C1CCC(F)(F)CC1)C1CCCOC1. The van der Waals surface area contributed by atoms with Gasteiger partial charge in [0.1, 0.15) is 5.78 Å². The largest absolute Gasteiger partial charge is 0.381 e. The van der Waals surface area contributed by atoms with Crippen molar-refractivity contribution in [2.45, 2.75) is 44.4 Å². The van der Waals surface area contributed by atoms with Crippen LogP contribution in [0.1, 0.15) is 38.5 Å².